The SMILES string of the molecule is C=CCNC(=O)[C@H]1[C@@H]2C(=O)O[C@@H](c3ccccc3)[C@@H](c3ccccc3)N2[C@@H](c2ccc(O)cc2)[C@]12C(=O)N(C(=O)OCc1ccc([N+](=O)[O-])cc1)c1ccc(C#CCC(C(=O)OC)C(=O)OC)cc12. The fourth-order valence-corrected chi connectivity index (χ4v) is 9.63. The van der Waals surface area contributed by atoms with E-state index in [1.165, 1.54) is 60.7 Å². The maximum atomic E-state index is 16.3. The fourth-order valence-electron chi connectivity index (χ4n) is 9.63. The lowest BCUT2D eigenvalue weighted by molar-refractivity contribution is -0.384. The van der Waals surface area contributed by atoms with Crippen molar-refractivity contribution >= 4 is 47.2 Å². The van der Waals surface area contributed by atoms with Gasteiger partial charge in [0.1, 0.15) is 29.9 Å². The zero-order valence-corrected chi connectivity index (χ0v) is 37.2. The van der Waals surface area contributed by atoms with Crippen molar-refractivity contribution in [3.8, 4) is 17.6 Å². The van der Waals surface area contributed by atoms with E-state index in [0.717, 1.165) is 19.1 Å². The molecule has 5 aromatic rings. The molecule has 3 aliphatic heterocycles. The molecule has 0 bridgehead atoms. The van der Waals surface area contributed by atoms with Crippen LogP contribution in [0.25, 0.3) is 0 Å². The number of cyclic esters (lactones) is 1. The summed E-state index contributed by atoms with van der Waals surface area (Å²) in [5.74, 6) is -1.68. The third-order valence-corrected chi connectivity index (χ3v) is 12.6. The van der Waals surface area contributed by atoms with Crippen molar-refractivity contribution in [2.75, 3.05) is 25.7 Å². The number of anilines is 1. The van der Waals surface area contributed by atoms with Crippen molar-refractivity contribution < 1.29 is 57.7 Å². The summed E-state index contributed by atoms with van der Waals surface area (Å²) in [6, 6.07) is 30.2. The second-order valence-corrected chi connectivity index (χ2v) is 16.3. The molecule has 0 radical (unpaired) electrons. The molecule has 3 aliphatic rings. The van der Waals surface area contributed by atoms with Crippen molar-refractivity contribution in [1.82, 2.24) is 10.2 Å². The standard InChI is InChI=1S/C52H44N4O13/c1-4-28-53-46(58)41-43-49(61)69-44(34-15-9-6-10-16-34)42(33-13-7-5-8-14-33)55(43)45(35-21-25-37(57)26-22-35)52(41)39-29-31(12-11-17-38(47(59)66-2)48(60)67-3)20-27-40(39)54(50(52)62)51(63)68-30-32-18-23-36(24-19-32)56(64)65/h4-10,13-16,18-27,29,38,41-45,57H,1,17,28,30H2,2-3H3,(H,53,58)/t41-,42-,43-,44+,45+,52-/m1/s1. The Balaban J connectivity index is 1.39. The number of carbonyl (C=O) groups is 6. The molecule has 17 heteroatoms. The minimum Gasteiger partial charge on any atom is -0.508 e. The summed E-state index contributed by atoms with van der Waals surface area (Å²) >= 11 is 0. The molecule has 1 spiro atoms. The van der Waals surface area contributed by atoms with Crippen molar-refractivity contribution in [2.45, 2.75) is 42.7 Å². The monoisotopic (exact) mass is 932 g/mol. The highest BCUT2D eigenvalue weighted by atomic mass is 16.6. The Labute approximate surface area is 395 Å². The lowest BCUT2D eigenvalue weighted by atomic mass is 9.65. The molecule has 69 heavy (non-hydrogen) atoms. The molecule has 0 unspecified atom stereocenters. The summed E-state index contributed by atoms with van der Waals surface area (Å²) in [6.45, 7) is 3.25. The molecule has 0 aromatic heterocycles. The number of hydrogen-bond donors (Lipinski definition) is 2. The smallest absolute Gasteiger partial charge is 0.421 e. The number of ether oxygens (including phenoxy) is 4. The van der Waals surface area contributed by atoms with Crippen LogP contribution in [0.15, 0.2) is 140 Å². The van der Waals surface area contributed by atoms with Crippen LogP contribution in [0.1, 0.15) is 58.0 Å². The number of nitrogens with zero attached hydrogens (tertiary/aromatic N) is 3. The summed E-state index contributed by atoms with van der Waals surface area (Å²) in [7, 11) is 2.24. The second-order valence-electron chi connectivity index (χ2n) is 16.3. The number of imide groups is 1. The van der Waals surface area contributed by atoms with Gasteiger partial charge in [0.15, 0.2) is 5.92 Å². The van der Waals surface area contributed by atoms with Gasteiger partial charge in [-0.1, -0.05) is 90.7 Å². The van der Waals surface area contributed by atoms with Gasteiger partial charge >= 0.3 is 24.0 Å². The highest BCUT2D eigenvalue weighted by Gasteiger charge is 2.75. The van der Waals surface area contributed by atoms with Gasteiger partial charge in [0.2, 0.25) is 11.8 Å². The molecular formula is C52H44N4O13. The number of carbonyl (C=O) groups excluding carboxylic acids is 6. The van der Waals surface area contributed by atoms with Gasteiger partial charge in [-0.05, 0) is 70.3 Å². The molecule has 6 atom stereocenters. The normalized spacial score (nSPS) is 21.3. The Hall–Kier alpha value is -8.62. The van der Waals surface area contributed by atoms with Crippen LogP contribution in [-0.4, -0.2) is 77.6 Å². The Morgan fingerprint density at radius 3 is 2.12 bits per heavy atom. The largest absolute Gasteiger partial charge is 0.508 e. The van der Waals surface area contributed by atoms with Gasteiger partial charge in [-0.3, -0.25) is 39.0 Å². The molecular weight excluding hydrogens is 889 g/mol. The first kappa shape index (κ1) is 46.9. The number of rotatable bonds is 12. The number of nitro benzene ring substituents is 1. The molecule has 17 nitrogen and oxygen atoms in total. The Morgan fingerprint density at radius 1 is 0.870 bits per heavy atom. The van der Waals surface area contributed by atoms with Gasteiger partial charge in [-0.25, -0.2) is 9.69 Å². The molecule has 0 saturated carbocycles. The summed E-state index contributed by atoms with van der Waals surface area (Å²) in [6.07, 6.45) is -1.07. The first-order valence-electron chi connectivity index (χ1n) is 21.6. The van der Waals surface area contributed by atoms with Gasteiger partial charge in [0.25, 0.3) is 5.69 Å². The number of non-ortho nitro benzene ring substituents is 1. The van der Waals surface area contributed by atoms with Crippen LogP contribution in [0.2, 0.25) is 0 Å². The van der Waals surface area contributed by atoms with Gasteiger partial charge in [0, 0.05) is 30.7 Å². The summed E-state index contributed by atoms with van der Waals surface area (Å²) in [5.41, 5.74) is -0.103. The zero-order valence-electron chi connectivity index (χ0n) is 37.2. The van der Waals surface area contributed by atoms with E-state index in [2.05, 4.69) is 23.7 Å². The van der Waals surface area contributed by atoms with Crippen LogP contribution < -0.4 is 10.2 Å². The third kappa shape index (κ3) is 8.53. The number of esters is 3. The van der Waals surface area contributed by atoms with Crippen molar-refractivity contribution in [2.24, 2.45) is 11.8 Å². The van der Waals surface area contributed by atoms with E-state index in [1.807, 2.05) is 36.4 Å². The lowest BCUT2D eigenvalue weighted by Crippen LogP contribution is -2.55. The number of methoxy groups -OCH3 is 2. The van der Waals surface area contributed by atoms with Crippen LogP contribution in [0.3, 0.4) is 0 Å². The average Bonchev–Trinajstić information content (AvgIpc) is 3.82. The number of phenolic OH excluding ortho intramolecular Hbond substituents is 1. The summed E-state index contributed by atoms with van der Waals surface area (Å²) in [5, 5.41) is 24.8. The van der Waals surface area contributed by atoms with Gasteiger partial charge in [-0.2, -0.15) is 0 Å². The molecule has 3 heterocycles. The third-order valence-electron chi connectivity index (χ3n) is 12.6. The molecule has 2 saturated heterocycles. The maximum absolute atomic E-state index is 16.3. The Kier molecular flexibility index (Phi) is 13.4. The van der Waals surface area contributed by atoms with Crippen molar-refractivity contribution in [1.29, 1.82) is 0 Å². The highest BCUT2D eigenvalue weighted by Crippen LogP contribution is 2.66. The molecule has 8 rings (SSSR count). The molecule has 2 N–H and O–H groups in total. The topological polar surface area (TPSA) is 221 Å². The van der Waals surface area contributed by atoms with E-state index in [4.69, 9.17) is 18.9 Å². The minimum absolute atomic E-state index is 0.0179. The number of fused-ring (bicyclic) bond motifs is 3. The van der Waals surface area contributed by atoms with Gasteiger partial charge < -0.3 is 29.4 Å². The Bertz CT molecular complexity index is 2880. The number of hydrogen-bond acceptors (Lipinski definition) is 14. The zero-order chi connectivity index (χ0) is 49.0. The van der Waals surface area contributed by atoms with E-state index in [9.17, 15) is 29.6 Å². The van der Waals surface area contributed by atoms with Crippen LogP contribution in [0.4, 0.5) is 16.2 Å². The average molecular weight is 933 g/mol. The number of benzene rings is 5. The Morgan fingerprint density at radius 2 is 1.51 bits per heavy atom. The number of nitro groups is 1. The lowest BCUT2D eigenvalue weighted by Gasteiger charge is -2.46. The first-order valence-corrected chi connectivity index (χ1v) is 21.6. The molecule has 3 amide bonds. The molecule has 0 aliphatic carbocycles. The van der Waals surface area contributed by atoms with Gasteiger partial charge in [-0.15, -0.1) is 6.58 Å². The van der Waals surface area contributed by atoms with Crippen LogP contribution in [0.5, 0.6) is 5.75 Å². The van der Waals surface area contributed by atoms with E-state index in [0.29, 0.717) is 22.3 Å². The fraction of sp³-hybridized carbons (Fsp3) is 0.231. The molecule has 2 fully saturated rings. The first-order chi connectivity index (χ1) is 33.3. The maximum Gasteiger partial charge on any atom is 0.421 e. The number of aromatic hydroxyl groups is 1. The van der Waals surface area contributed by atoms with E-state index >= 15 is 14.4 Å². The van der Waals surface area contributed by atoms with Gasteiger partial charge in [0.05, 0.1) is 42.8 Å². The van der Waals surface area contributed by atoms with E-state index < -0.39 is 88.8 Å². The van der Waals surface area contributed by atoms with Crippen LogP contribution in [-0.2, 0) is 54.9 Å². The number of amides is 3. The highest BCUT2D eigenvalue weighted by molar-refractivity contribution is 6.23. The predicted octanol–water partition coefficient (Wildman–Crippen LogP) is 6.31. The van der Waals surface area contributed by atoms with E-state index in [1.54, 1.807) is 41.3 Å². The van der Waals surface area contributed by atoms with Crippen molar-refractivity contribution in [3.05, 3.63) is 184 Å². The minimum atomic E-state index is -2.20. The molecule has 5 aromatic carbocycles. The predicted molar refractivity (Wildman–Crippen MR) is 246 cm³/mol. The number of phenols is 1. The van der Waals surface area contributed by atoms with Crippen LogP contribution in [0, 0.1) is 33.8 Å². The van der Waals surface area contributed by atoms with Crippen molar-refractivity contribution in [3.63, 3.8) is 0 Å². The number of morpholine rings is 1. The quantitative estimate of drug-likeness (QED) is 0.0266. The summed E-state index contributed by atoms with van der Waals surface area (Å²) < 4.78 is 21.8. The number of nitrogens with one attached hydrogen (secondary N) is 1. The molecule has 350 valence electrons. The van der Waals surface area contributed by atoms with Crippen LogP contribution >= 0.6 is 0 Å². The second kappa shape index (κ2) is 19.7. The summed E-state index contributed by atoms with van der Waals surface area (Å²) in [4.78, 5) is 99.8. The van der Waals surface area contributed by atoms with E-state index in [-0.39, 0.29) is 41.2 Å².